The molecule has 0 aliphatic carbocycles. The summed E-state index contributed by atoms with van der Waals surface area (Å²) in [6.07, 6.45) is 3.12. The van der Waals surface area contributed by atoms with Gasteiger partial charge < -0.3 is 10.1 Å². The summed E-state index contributed by atoms with van der Waals surface area (Å²) >= 11 is 0. The van der Waals surface area contributed by atoms with E-state index in [1.165, 1.54) is 0 Å². The second kappa shape index (κ2) is 4.47. The highest BCUT2D eigenvalue weighted by atomic mass is 16.5. The average molecular weight is 221 g/mol. The minimum Gasteiger partial charge on any atom is -0.377 e. The minimum absolute atomic E-state index is 0.0683. The molecular formula is C12H19N3O. The van der Waals surface area contributed by atoms with E-state index in [4.69, 9.17) is 4.74 Å². The van der Waals surface area contributed by atoms with Gasteiger partial charge in [-0.25, -0.2) is 9.97 Å². The van der Waals surface area contributed by atoms with Crippen LogP contribution in [0.5, 0.6) is 0 Å². The molecule has 1 aromatic rings. The number of hydrogen-bond acceptors (Lipinski definition) is 4. The predicted octanol–water partition coefficient (Wildman–Crippen LogP) is 1.44. The van der Waals surface area contributed by atoms with Gasteiger partial charge in [0.15, 0.2) is 0 Å². The maximum atomic E-state index is 5.59. The van der Waals surface area contributed by atoms with Crippen molar-refractivity contribution in [1.29, 1.82) is 0 Å². The quantitative estimate of drug-likeness (QED) is 0.839. The standard InChI is InChI=1S/C12H19N3O/c1-9-12(3,5-7-16-9)14-8-11-4-6-13-10(2)15-11/h4,6,9,14H,5,7-8H2,1-3H3. The van der Waals surface area contributed by atoms with E-state index in [0.29, 0.717) is 0 Å². The number of nitrogens with zero attached hydrogens (tertiary/aromatic N) is 2. The molecular weight excluding hydrogens is 202 g/mol. The Bertz CT molecular complexity index is 369. The van der Waals surface area contributed by atoms with E-state index in [1.54, 1.807) is 6.20 Å². The van der Waals surface area contributed by atoms with Crippen LogP contribution in [0.3, 0.4) is 0 Å². The molecule has 1 saturated heterocycles. The highest BCUT2D eigenvalue weighted by Gasteiger charge is 2.36. The van der Waals surface area contributed by atoms with E-state index in [2.05, 4.69) is 29.1 Å². The van der Waals surface area contributed by atoms with Crippen molar-refractivity contribution in [2.45, 2.75) is 45.4 Å². The van der Waals surface area contributed by atoms with Gasteiger partial charge in [-0.05, 0) is 33.3 Å². The lowest BCUT2D eigenvalue weighted by Crippen LogP contribution is -2.47. The maximum absolute atomic E-state index is 5.59. The summed E-state index contributed by atoms with van der Waals surface area (Å²) < 4.78 is 5.59. The fourth-order valence-corrected chi connectivity index (χ4v) is 1.96. The Balaban J connectivity index is 1.97. The smallest absolute Gasteiger partial charge is 0.125 e. The van der Waals surface area contributed by atoms with Gasteiger partial charge in [-0.2, -0.15) is 0 Å². The summed E-state index contributed by atoms with van der Waals surface area (Å²) in [6.45, 7) is 7.84. The number of aryl methyl sites for hydroxylation is 1. The highest BCUT2D eigenvalue weighted by Crippen LogP contribution is 2.25. The van der Waals surface area contributed by atoms with Gasteiger partial charge in [0.05, 0.1) is 11.8 Å². The first kappa shape index (κ1) is 11.5. The Morgan fingerprint density at radius 1 is 1.62 bits per heavy atom. The molecule has 0 aromatic carbocycles. The Labute approximate surface area is 96.4 Å². The Hall–Kier alpha value is -1.00. The van der Waals surface area contributed by atoms with Crippen molar-refractivity contribution >= 4 is 0 Å². The van der Waals surface area contributed by atoms with E-state index in [0.717, 1.165) is 31.1 Å². The van der Waals surface area contributed by atoms with Crippen LogP contribution in [0.25, 0.3) is 0 Å². The second-order valence-corrected chi connectivity index (χ2v) is 4.63. The van der Waals surface area contributed by atoms with E-state index in [-0.39, 0.29) is 11.6 Å². The molecule has 1 aliphatic rings. The van der Waals surface area contributed by atoms with Crippen LogP contribution in [0.15, 0.2) is 12.3 Å². The van der Waals surface area contributed by atoms with Crippen LogP contribution in [0.1, 0.15) is 31.8 Å². The van der Waals surface area contributed by atoms with Gasteiger partial charge >= 0.3 is 0 Å². The molecule has 4 nitrogen and oxygen atoms in total. The third-order valence-electron chi connectivity index (χ3n) is 3.39. The van der Waals surface area contributed by atoms with Gasteiger partial charge in [0.1, 0.15) is 5.82 Å². The number of rotatable bonds is 3. The Morgan fingerprint density at radius 2 is 2.44 bits per heavy atom. The number of ether oxygens (including phenoxy) is 1. The lowest BCUT2D eigenvalue weighted by Gasteiger charge is -2.28. The molecule has 2 heterocycles. The molecule has 0 radical (unpaired) electrons. The van der Waals surface area contributed by atoms with Crippen molar-refractivity contribution in [3.8, 4) is 0 Å². The van der Waals surface area contributed by atoms with Crippen molar-refractivity contribution < 1.29 is 4.74 Å². The fraction of sp³-hybridized carbons (Fsp3) is 0.667. The summed E-state index contributed by atoms with van der Waals surface area (Å²) in [5.41, 5.74) is 1.10. The summed E-state index contributed by atoms with van der Waals surface area (Å²) in [6, 6.07) is 1.95. The molecule has 88 valence electrons. The molecule has 2 unspecified atom stereocenters. The molecule has 2 rings (SSSR count). The lowest BCUT2D eigenvalue weighted by atomic mass is 9.94. The van der Waals surface area contributed by atoms with E-state index in [1.807, 2.05) is 13.0 Å². The van der Waals surface area contributed by atoms with Gasteiger partial charge in [0.2, 0.25) is 0 Å². The number of nitrogens with one attached hydrogen (secondary N) is 1. The summed E-state index contributed by atoms with van der Waals surface area (Å²) in [5, 5.41) is 3.54. The van der Waals surface area contributed by atoms with Crippen LogP contribution in [0, 0.1) is 6.92 Å². The molecule has 1 fully saturated rings. The van der Waals surface area contributed by atoms with Crippen LogP contribution in [0.2, 0.25) is 0 Å². The predicted molar refractivity (Wildman–Crippen MR) is 62.0 cm³/mol. The van der Waals surface area contributed by atoms with Crippen molar-refractivity contribution in [1.82, 2.24) is 15.3 Å². The van der Waals surface area contributed by atoms with Crippen molar-refractivity contribution in [2.24, 2.45) is 0 Å². The van der Waals surface area contributed by atoms with Crippen molar-refractivity contribution in [2.75, 3.05) is 6.61 Å². The number of hydrogen-bond donors (Lipinski definition) is 1. The molecule has 0 spiro atoms. The van der Waals surface area contributed by atoms with E-state index >= 15 is 0 Å². The zero-order chi connectivity index (χ0) is 11.6. The molecule has 0 bridgehead atoms. The van der Waals surface area contributed by atoms with Gasteiger partial charge in [-0.3, -0.25) is 0 Å². The van der Waals surface area contributed by atoms with Gasteiger partial charge in [0.25, 0.3) is 0 Å². The van der Waals surface area contributed by atoms with Crippen LogP contribution in [-0.2, 0) is 11.3 Å². The van der Waals surface area contributed by atoms with Gasteiger partial charge in [-0.1, -0.05) is 0 Å². The van der Waals surface area contributed by atoms with Crippen LogP contribution >= 0.6 is 0 Å². The molecule has 1 aliphatic heterocycles. The first-order valence-electron chi connectivity index (χ1n) is 5.75. The van der Waals surface area contributed by atoms with Crippen molar-refractivity contribution in [3.63, 3.8) is 0 Å². The highest BCUT2D eigenvalue weighted by molar-refractivity contribution is 5.03. The summed E-state index contributed by atoms with van der Waals surface area (Å²) in [4.78, 5) is 8.46. The fourth-order valence-electron chi connectivity index (χ4n) is 1.96. The van der Waals surface area contributed by atoms with E-state index in [9.17, 15) is 0 Å². The normalized spacial score (nSPS) is 29.6. The molecule has 0 amide bonds. The third kappa shape index (κ3) is 2.39. The molecule has 1 aromatic heterocycles. The minimum atomic E-state index is 0.0683. The topological polar surface area (TPSA) is 47.0 Å². The Morgan fingerprint density at radius 3 is 3.06 bits per heavy atom. The monoisotopic (exact) mass is 221 g/mol. The van der Waals surface area contributed by atoms with Crippen LogP contribution in [-0.4, -0.2) is 28.2 Å². The number of aromatic nitrogens is 2. The maximum Gasteiger partial charge on any atom is 0.125 e. The van der Waals surface area contributed by atoms with Crippen LogP contribution in [0.4, 0.5) is 0 Å². The summed E-state index contributed by atoms with van der Waals surface area (Å²) in [7, 11) is 0. The summed E-state index contributed by atoms with van der Waals surface area (Å²) in [5.74, 6) is 0.820. The zero-order valence-electron chi connectivity index (χ0n) is 10.2. The van der Waals surface area contributed by atoms with Gasteiger partial charge in [-0.15, -0.1) is 0 Å². The molecule has 1 N–H and O–H groups in total. The molecule has 4 heteroatoms. The van der Waals surface area contributed by atoms with Crippen molar-refractivity contribution in [3.05, 3.63) is 23.8 Å². The zero-order valence-corrected chi connectivity index (χ0v) is 10.2. The second-order valence-electron chi connectivity index (χ2n) is 4.63. The average Bonchev–Trinajstić information content (AvgIpc) is 2.58. The molecule has 0 saturated carbocycles. The first-order valence-corrected chi connectivity index (χ1v) is 5.75. The largest absolute Gasteiger partial charge is 0.377 e. The molecule has 2 atom stereocenters. The first-order chi connectivity index (χ1) is 7.60. The van der Waals surface area contributed by atoms with E-state index < -0.39 is 0 Å². The van der Waals surface area contributed by atoms with Gasteiger partial charge in [0, 0.05) is 24.9 Å². The lowest BCUT2D eigenvalue weighted by molar-refractivity contribution is 0.0880. The molecule has 16 heavy (non-hydrogen) atoms. The SMILES string of the molecule is Cc1nccc(CNC2(C)CCOC2C)n1. The Kier molecular flexibility index (Phi) is 3.21. The third-order valence-corrected chi connectivity index (χ3v) is 3.39. The van der Waals surface area contributed by atoms with Crippen LogP contribution < -0.4 is 5.32 Å².